The van der Waals surface area contributed by atoms with Crippen LogP contribution in [0, 0.1) is 5.82 Å². The molecule has 2 heterocycles. The van der Waals surface area contributed by atoms with E-state index >= 15 is 0 Å². The van der Waals surface area contributed by atoms with E-state index in [1.54, 1.807) is 19.1 Å². The minimum atomic E-state index is -3.49. The van der Waals surface area contributed by atoms with E-state index in [-0.39, 0.29) is 24.1 Å². The third kappa shape index (κ3) is 4.90. The topological polar surface area (TPSA) is 109 Å². The molecule has 158 valence electrons. The average Bonchev–Trinajstić information content (AvgIpc) is 2.62. The van der Waals surface area contributed by atoms with Gasteiger partial charge in [-0.2, -0.15) is 4.31 Å². The van der Waals surface area contributed by atoms with E-state index in [1.165, 1.54) is 22.8 Å². The van der Waals surface area contributed by atoms with Gasteiger partial charge in [0.05, 0.1) is 11.5 Å². The second-order valence-electron chi connectivity index (χ2n) is 7.30. The van der Waals surface area contributed by atoms with Crippen LogP contribution in [0.25, 0.3) is 11.1 Å². The van der Waals surface area contributed by atoms with Gasteiger partial charge < -0.3 is 0 Å². The zero-order valence-electron chi connectivity index (χ0n) is 16.3. The normalized spacial score (nSPS) is 22.3. The summed E-state index contributed by atoms with van der Waals surface area (Å²) < 4.78 is 65.8. The van der Waals surface area contributed by atoms with Gasteiger partial charge in [-0.15, -0.1) is 0 Å². The zero-order chi connectivity index (χ0) is 21.4. The molecule has 29 heavy (non-hydrogen) atoms. The fraction of sp³-hybridized carbons (Fsp3) is 0.444. The molecule has 2 atom stereocenters. The Labute approximate surface area is 170 Å². The molecule has 1 aromatic carbocycles. The van der Waals surface area contributed by atoms with E-state index in [2.05, 4.69) is 14.7 Å². The summed E-state index contributed by atoms with van der Waals surface area (Å²) in [6.45, 7) is 3.49. The van der Waals surface area contributed by atoms with Crippen molar-refractivity contribution < 1.29 is 21.2 Å². The van der Waals surface area contributed by atoms with Crippen molar-refractivity contribution in [1.29, 1.82) is 0 Å². The fourth-order valence-electron chi connectivity index (χ4n) is 3.22. The molecule has 1 fully saturated rings. The Morgan fingerprint density at radius 3 is 2.41 bits per heavy atom. The lowest BCUT2D eigenvalue weighted by Crippen LogP contribution is -2.47. The van der Waals surface area contributed by atoms with Crippen molar-refractivity contribution in [2.24, 2.45) is 0 Å². The molecule has 0 aliphatic carbocycles. The Bertz CT molecular complexity index is 1110. The summed E-state index contributed by atoms with van der Waals surface area (Å²) in [6.07, 6.45) is 5.10. The molecule has 0 amide bonds. The number of halogens is 1. The highest BCUT2D eigenvalue weighted by atomic mass is 32.2. The van der Waals surface area contributed by atoms with Crippen LogP contribution in [-0.2, 0) is 26.6 Å². The first-order valence-corrected chi connectivity index (χ1v) is 12.5. The van der Waals surface area contributed by atoms with Crippen LogP contribution in [0.2, 0.25) is 0 Å². The van der Waals surface area contributed by atoms with Gasteiger partial charge in [0.2, 0.25) is 26.0 Å². The van der Waals surface area contributed by atoms with Crippen LogP contribution in [-0.4, -0.2) is 48.7 Å². The van der Waals surface area contributed by atoms with E-state index in [9.17, 15) is 21.2 Å². The third-order valence-corrected chi connectivity index (χ3v) is 7.91. The summed E-state index contributed by atoms with van der Waals surface area (Å²) in [7, 11) is -6.95. The maximum Gasteiger partial charge on any atom is 0.236 e. The van der Waals surface area contributed by atoms with Crippen molar-refractivity contribution in [1.82, 2.24) is 14.3 Å². The number of sulfonamides is 2. The Hall–Kier alpha value is -2.11. The molecule has 3 rings (SSSR count). The third-order valence-electron chi connectivity index (χ3n) is 4.96. The van der Waals surface area contributed by atoms with Gasteiger partial charge in [0.25, 0.3) is 0 Å². The first kappa shape index (κ1) is 21.6. The maximum absolute atomic E-state index is 14.7. The Morgan fingerprint density at radius 2 is 1.83 bits per heavy atom. The molecule has 1 N–H and O–H groups in total. The minimum absolute atomic E-state index is 0.0202. The summed E-state index contributed by atoms with van der Waals surface area (Å²) in [5.41, 5.74) is 1.29. The minimum Gasteiger partial charge on any atom is -0.251 e. The molecule has 1 saturated heterocycles. The molecule has 0 saturated carbocycles. The van der Waals surface area contributed by atoms with E-state index < -0.39 is 31.1 Å². The molecule has 0 radical (unpaired) electrons. The Balaban J connectivity index is 1.82. The van der Waals surface area contributed by atoms with Crippen molar-refractivity contribution in [3.05, 3.63) is 42.0 Å². The highest BCUT2D eigenvalue weighted by Crippen LogP contribution is 2.29. The van der Waals surface area contributed by atoms with Crippen molar-refractivity contribution in [3.63, 3.8) is 0 Å². The van der Waals surface area contributed by atoms with Crippen molar-refractivity contribution in [2.45, 2.75) is 44.5 Å². The summed E-state index contributed by atoms with van der Waals surface area (Å²) in [5, 5.41) is -0.475. The van der Waals surface area contributed by atoms with Crippen molar-refractivity contribution in [2.75, 3.05) is 11.0 Å². The lowest BCUT2D eigenvalue weighted by atomic mass is 10.1. The molecule has 11 heteroatoms. The van der Waals surface area contributed by atoms with Crippen LogP contribution in [0.1, 0.15) is 32.3 Å². The summed E-state index contributed by atoms with van der Waals surface area (Å²) in [5.74, 6) is -0.604. The summed E-state index contributed by atoms with van der Waals surface area (Å²) >= 11 is 0. The van der Waals surface area contributed by atoms with Gasteiger partial charge in [0.15, 0.2) is 0 Å². The van der Waals surface area contributed by atoms with Gasteiger partial charge in [-0.1, -0.05) is 12.1 Å². The maximum atomic E-state index is 14.7. The van der Waals surface area contributed by atoms with Crippen LogP contribution in [0.5, 0.6) is 0 Å². The number of benzene rings is 1. The lowest BCUT2D eigenvalue weighted by Gasteiger charge is -2.36. The Kier molecular flexibility index (Phi) is 5.93. The molecule has 1 unspecified atom stereocenters. The van der Waals surface area contributed by atoms with Crippen LogP contribution in [0.3, 0.4) is 0 Å². The molecular weight excluding hydrogens is 419 g/mol. The van der Waals surface area contributed by atoms with Crippen molar-refractivity contribution >= 4 is 26.0 Å². The average molecular weight is 443 g/mol. The second-order valence-corrected chi connectivity index (χ2v) is 11.4. The number of hydrogen-bond donors (Lipinski definition) is 1. The zero-order valence-corrected chi connectivity index (χ0v) is 18.0. The van der Waals surface area contributed by atoms with Crippen LogP contribution in [0.15, 0.2) is 30.6 Å². The van der Waals surface area contributed by atoms with E-state index in [0.29, 0.717) is 17.5 Å². The molecule has 1 aliphatic rings. The molecular formula is C18H23FN4O4S2. The van der Waals surface area contributed by atoms with Crippen molar-refractivity contribution in [3.8, 4) is 11.1 Å². The quantitative estimate of drug-likeness (QED) is 0.761. The van der Waals surface area contributed by atoms with E-state index in [4.69, 9.17) is 0 Å². The number of hydrogen-bond acceptors (Lipinski definition) is 6. The number of anilines is 1. The second kappa shape index (κ2) is 7.96. The van der Waals surface area contributed by atoms with Crippen LogP contribution < -0.4 is 4.72 Å². The van der Waals surface area contributed by atoms with E-state index in [0.717, 1.165) is 12.7 Å². The molecule has 1 aliphatic heterocycles. The number of aromatic nitrogens is 2. The predicted molar refractivity (Wildman–Crippen MR) is 109 cm³/mol. The van der Waals surface area contributed by atoms with E-state index in [1.807, 2.05) is 6.92 Å². The van der Waals surface area contributed by atoms with Crippen LogP contribution in [0.4, 0.5) is 10.3 Å². The highest BCUT2D eigenvalue weighted by molar-refractivity contribution is 7.92. The van der Waals surface area contributed by atoms with Gasteiger partial charge in [-0.05, 0) is 38.3 Å². The molecule has 8 nitrogen and oxygen atoms in total. The summed E-state index contributed by atoms with van der Waals surface area (Å²) in [4.78, 5) is 7.82. The van der Waals surface area contributed by atoms with Gasteiger partial charge in [-0.25, -0.2) is 31.2 Å². The first-order chi connectivity index (χ1) is 13.5. The monoisotopic (exact) mass is 442 g/mol. The van der Waals surface area contributed by atoms with Crippen LogP contribution >= 0.6 is 0 Å². The Morgan fingerprint density at radius 1 is 1.17 bits per heavy atom. The number of rotatable bonds is 5. The smallest absolute Gasteiger partial charge is 0.236 e. The largest absolute Gasteiger partial charge is 0.251 e. The number of nitrogens with one attached hydrogen (secondary N) is 1. The van der Waals surface area contributed by atoms with Gasteiger partial charge >= 0.3 is 0 Å². The number of nitrogens with zero attached hydrogens (tertiary/aromatic N) is 3. The molecule has 1 aromatic heterocycles. The van der Waals surface area contributed by atoms with Gasteiger partial charge in [-0.3, -0.25) is 4.72 Å². The first-order valence-electron chi connectivity index (χ1n) is 9.06. The highest BCUT2D eigenvalue weighted by Gasteiger charge is 2.37. The summed E-state index contributed by atoms with van der Waals surface area (Å²) in [6, 6.07) is 4.32. The fourth-order valence-corrected chi connectivity index (χ4v) is 5.47. The SMILES string of the molecule is CC1CC[C@H](C)N(Cc2ccc(-c3cnc(NS(C)(=O)=O)nc3)cc2F)S1(=O)=O. The molecule has 2 aromatic rings. The molecule has 0 bridgehead atoms. The molecule has 0 spiro atoms. The lowest BCUT2D eigenvalue weighted by molar-refractivity contribution is 0.281. The predicted octanol–water partition coefficient (Wildman–Crippen LogP) is 2.36. The van der Waals surface area contributed by atoms with Gasteiger partial charge in [0, 0.05) is 36.1 Å². The standard InChI is InChI=1S/C18H23FN4O4S2/c1-12-4-5-13(2)29(26,27)23(12)11-15-7-6-14(8-17(15)19)16-9-20-18(21-10-16)22-28(3,24)25/h6-10,12-13H,4-5,11H2,1-3H3,(H,20,21,22)/t12-,13?/m0/s1. The van der Waals surface area contributed by atoms with Gasteiger partial charge in [0.1, 0.15) is 5.82 Å².